The lowest BCUT2D eigenvalue weighted by molar-refractivity contribution is -0.145. The first-order valence-corrected chi connectivity index (χ1v) is 6.84. The number of hydrogen-bond donors (Lipinski definition) is 2. The number of unbranched alkanes of at least 4 members (excludes halogenated alkanes) is 5. The second kappa shape index (κ2) is 11.9. The average Bonchev–Trinajstić information content (AvgIpc) is 2.34. The largest absolute Gasteiger partial charge is 0.465 e. The molecular formula is C13H28N2O2. The number of ether oxygens (including phenoxy) is 1. The van der Waals surface area contributed by atoms with Gasteiger partial charge in [0.2, 0.25) is 0 Å². The lowest BCUT2D eigenvalue weighted by Gasteiger charge is -2.10. The van der Waals surface area contributed by atoms with E-state index in [9.17, 15) is 4.79 Å². The van der Waals surface area contributed by atoms with Crippen LogP contribution in [0.4, 0.5) is 0 Å². The fraction of sp³-hybridized carbons (Fsp3) is 0.923. The average molecular weight is 244 g/mol. The van der Waals surface area contributed by atoms with E-state index in [0.29, 0.717) is 19.6 Å². The zero-order valence-electron chi connectivity index (χ0n) is 11.1. The van der Waals surface area contributed by atoms with Crippen molar-refractivity contribution in [3.05, 3.63) is 0 Å². The Morgan fingerprint density at radius 2 is 1.76 bits per heavy atom. The highest BCUT2D eigenvalue weighted by Gasteiger charge is 2.13. The number of hydrogen-bond acceptors (Lipinski definition) is 4. The Balaban J connectivity index is 3.32. The standard InChI is InChI=1S/C13H28N2O2/c1-2-3-4-5-6-7-11-17-13(16)12(15)9-8-10-14/h12H,2-11,14-15H2,1H3/t12-/m0/s1. The van der Waals surface area contributed by atoms with Crippen molar-refractivity contribution < 1.29 is 9.53 Å². The molecule has 0 aromatic heterocycles. The molecule has 0 aliphatic rings. The van der Waals surface area contributed by atoms with Crippen molar-refractivity contribution >= 4 is 5.97 Å². The van der Waals surface area contributed by atoms with E-state index < -0.39 is 6.04 Å². The van der Waals surface area contributed by atoms with Crippen LogP contribution >= 0.6 is 0 Å². The lowest BCUT2D eigenvalue weighted by Crippen LogP contribution is -2.33. The van der Waals surface area contributed by atoms with Crippen LogP contribution in [0.2, 0.25) is 0 Å². The maximum absolute atomic E-state index is 11.4. The molecule has 0 spiro atoms. The van der Waals surface area contributed by atoms with Gasteiger partial charge in [-0.25, -0.2) is 0 Å². The highest BCUT2D eigenvalue weighted by atomic mass is 16.5. The van der Waals surface area contributed by atoms with Crippen LogP contribution in [0.15, 0.2) is 0 Å². The molecule has 102 valence electrons. The molecule has 4 N–H and O–H groups in total. The molecule has 17 heavy (non-hydrogen) atoms. The minimum atomic E-state index is -0.501. The Bertz CT molecular complexity index is 186. The summed E-state index contributed by atoms with van der Waals surface area (Å²) in [6.07, 6.45) is 8.52. The van der Waals surface area contributed by atoms with E-state index in [2.05, 4.69) is 6.92 Å². The number of carbonyl (C=O) groups is 1. The van der Waals surface area contributed by atoms with Crippen molar-refractivity contribution in [2.45, 2.75) is 64.3 Å². The van der Waals surface area contributed by atoms with Crippen LogP contribution in [0.1, 0.15) is 58.3 Å². The molecule has 4 heteroatoms. The van der Waals surface area contributed by atoms with Gasteiger partial charge in [-0.1, -0.05) is 39.0 Å². The van der Waals surface area contributed by atoms with Crippen molar-refractivity contribution in [3.63, 3.8) is 0 Å². The maximum Gasteiger partial charge on any atom is 0.322 e. The van der Waals surface area contributed by atoms with Gasteiger partial charge >= 0.3 is 5.97 Å². The third-order valence-corrected chi connectivity index (χ3v) is 2.76. The Hall–Kier alpha value is -0.610. The zero-order valence-corrected chi connectivity index (χ0v) is 11.1. The number of carbonyl (C=O) groups excluding carboxylic acids is 1. The number of esters is 1. The predicted octanol–water partition coefficient (Wildman–Crippen LogP) is 1.96. The lowest BCUT2D eigenvalue weighted by atomic mass is 10.1. The molecular weight excluding hydrogens is 216 g/mol. The molecule has 0 aromatic carbocycles. The van der Waals surface area contributed by atoms with Gasteiger partial charge in [0.25, 0.3) is 0 Å². The topological polar surface area (TPSA) is 78.3 Å². The molecule has 0 aliphatic heterocycles. The minimum absolute atomic E-state index is 0.285. The van der Waals surface area contributed by atoms with E-state index in [1.54, 1.807) is 0 Å². The van der Waals surface area contributed by atoms with Gasteiger partial charge in [0.05, 0.1) is 6.61 Å². The summed E-state index contributed by atoms with van der Waals surface area (Å²) in [5, 5.41) is 0. The Labute approximate surface area is 105 Å². The van der Waals surface area contributed by atoms with Crippen LogP contribution in [0.3, 0.4) is 0 Å². The van der Waals surface area contributed by atoms with Gasteiger partial charge in [0.1, 0.15) is 6.04 Å². The Kier molecular flexibility index (Phi) is 11.4. The van der Waals surface area contributed by atoms with E-state index in [-0.39, 0.29) is 5.97 Å². The Morgan fingerprint density at radius 3 is 2.41 bits per heavy atom. The second-order valence-electron chi connectivity index (χ2n) is 4.47. The molecule has 0 saturated carbocycles. The highest BCUT2D eigenvalue weighted by molar-refractivity contribution is 5.75. The minimum Gasteiger partial charge on any atom is -0.465 e. The third-order valence-electron chi connectivity index (χ3n) is 2.76. The van der Waals surface area contributed by atoms with Gasteiger partial charge < -0.3 is 16.2 Å². The summed E-state index contributed by atoms with van der Waals surface area (Å²) < 4.78 is 5.10. The quantitative estimate of drug-likeness (QED) is 0.430. The predicted molar refractivity (Wildman–Crippen MR) is 70.6 cm³/mol. The van der Waals surface area contributed by atoms with Gasteiger partial charge in [0, 0.05) is 0 Å². The van der Waals surface area contributed by atoms with Gasteiger partial charge in [-0.3, -0.25) is 4.79 Å². The summed E-state index contributed by atoms with van der Waals surface area (Å²) in [7, 11) is 0. The van der Waals surface area contributed by atoms with Crippen LogP contribution in [-0.2, 0) is 9.53 Å². The van der Waals surface area contributed by atoms with E-state index in [4.69, 9.17) is 16.2 Å². The fourth-order valence-corrected chi connectivity index (χ4v) is 1.62. The van der Waals surface area contributed by atoms with Crippen molar-refractivity contribution in [2.24, 2.45) is 11.5 Å². The highest BCUT2D eigenvalue weighted by Crippen LogP contribution is 2.05. The summed E-state index contributed by atoms with van der Waals surface area (Å²) in [6.45, 7) is 3.27. The van der Waals surface area contributed by atoms with E-state index in [0.717, 1.165) is 19.3 Å². The molecule has 0 aliphatic carbocycles. The van der Waals surface area contributed by atoms with Crippen LogP contribution < -0.4 is 11.5 Å². The molecule has 1 atom stereocenters. The first-order chi connectivity index (χ1) is 8.22. The first kappa shape index (κ1) is 16.4. The number of rotatable bonds is 11. The fourth-order valence-electron chi connectivity index (χ4n) is 1.62. The summed E-state index contributed by atoms with van der Waals surface area (Å²) in [5.74, 6) is -0.285. The van der Waals surface area contributed by atoms with Crippen molar-refractivity contribution in [3.8, 4) is 0 Å². The molecule has 0 unspecified atom stereocenters. The molecule has 0 amide bonds. The normalized spacial score (nSPS) is 12.4. The zero-order chi connectivity index (χ0) is 12.9. The maximum atomic E-state index is 11.4. The van der Waals surface area contributed by atoms with Crippen LogP contribution in [0.5, 0.6) is 0 Å². The van der Waals surface area contributed by atoms with Crippen LogP contribution in [-0.4, -0.2) is 25.2 Å². The molecule has 0 saturated heterocycles. The third kappa shape index (κ3) is 10.3. The molecule has 0 aromatic rings. The van der Waals surface area contributed by atoms with Crippen LogP contribution in [0.25, 0.3) is 0 Å². The van der Waals surface area contributed by atoms with Crippen LogP contribution in [0, 0.1) is 0 Å². The number of nitrogens with two attached hydrogens (primary N) is 2. The van der Waals surface area contributed by atoms with E-state index >= 15 is 0 Å². The van der Waals surface area contributed by atoms with E-state index in [1.807, 2.05) is 0 Å². The van der Waals surface area contributed by atoms with E-state index in [1.165, 1.54) is 25.7 Å². The van der Waals surface area contributed by atoms with Gasteiger partial charge in [-0.05, 0) is 25.8 Å². The molecule has 4 nitrogen and oxygen atoms in total. The monoisotopic (exact) mass is 244 g/mol. The molecule has 0 rings (SSSR count). The molecule has 0 heterocycles. The Morgan fingerprint density at radius 1 is 1.12 bits per heavy atom. The molecule has 0 fully saturated rings. The molecule has 0 radical (unpaired) electrons. The van der Waals surface area contributed by atoms with Crippen molar-refractivity contribution in [2.75, 3.05) is 13.2 Å². The summed E-state index contributed by atoms with van der Waals surface area (Å²) in [5.41, 5.74) is 11.0. The first-order valence-electron chi connectivity index (χ1n) is 6.84. The summed E-state index contributed by atoms with van der Waals surface area (Å²) in [4.78, 5) is 11.4. The van der Waals surface area contributed by atoms with Gasteiger partial charge in [-0.15, -0.1) is 0 Å². The smallest absolute Gasteiger partial charge is 0.322 e. The summed E-state index contributed by atoms with van der Waals surface area (Å²) >= 11 is 0. The SMILES string of the molecule is CCCCCCCCOC(=O)[C@@H](N)CCCN. The van der Waals surface area contributed by atoms with Crippen molar-refractivity contribution in [1.82, 2.24) is 0 Å². The van der Waals surface area contributed by atoms with Crippen molar-refractivity contribution in [1.29, 1.82) is 0 Å². The van der Waals surface area contributed by atoms with Gasteiger partial charge in [0.15, 0.2) is 0 Å². The summed E-state index contributed by atoms with van der Waals surface area (Å²) in [6, 6.07) is -0.501. The molecule has 0 bridgehead atoms. The van der Waals surface area contributed by atoms with Gasteiger partial charge in [-0.2, -0.15) is 0 Å². The second-order valence-corrected chi connectivity index (χ2v) is 4.47.